The zero-order valence-electron chi connectivity index (χ0n) is 21.1. The van der Waals surface area contributed by atoms with Crippen molar-refractivity contribution in [1.82, 2.24) is 0 Å². The molecule has 4 aliphatic rings. The van der Waals surface area contributed by atoms with Crippen molar-refractivity contribution < 1.29 is 23.7 Å². The predicted octanol–water partition coefficient (Wildman–Crippen LogP) is 6.20. The van der Waals surface area contributed by atoms with Crippen LogP contribution in [0.25, 0.3) is 0 Å². The van der Waals surface area contributed by atoms with Crippen LogP contribution in [0.4, 0.5) is 0 Å². The van der Waals surface area contributed by atoms with Crippen LogP contribution in [0.1, 0.15) is 97.8 Å². The van der Waals surface area contributed by atoms with E-state index in [1.807, 2.05) is 0 Å². The van der Waals surface area contributed by atoms with Gasteiger partial charge in [0.2, 0.25) is 0 Å². The molecule has 0 amide bonds. The monoisotopic (exact) mass is 462 g/mol. The fourth-order valence-corrected chi connectivity index (χ4v) is 6.30. The molecule has 0 aromatic rings. The van der Waals surface area contributed by atoms with Crippen molar-refractivity contribution in [3.05, 3.63) is 12.2 Å². The number of carbonyl (C=O) groups is 1. The highest BCUT2D eigenvalue weighted by Crippen LogP contribution is 2.49. The molecule has 33 heavy (non-hydrogen) atoms. The number of hydrogen-bond donors (Lipinski definition) is 0. The molecule has 5 nitrogen and oxygen atoms in total. The minimum absolute atomic E-state index is 0.00474. The first-order chi connectivity index (χ1) is 16.0. The topological polar surface area (TPSA) is 54.0 Å². The normalized spacial score (nSPS) is 36.4. The van der Waals surface area contributed by atoms with Gasteiger partial charge in [-0.25, -0.2) is 0 Å². The molecule has 5 heteroatoms. The largest absolute Gasteiger partial charge is 0.353 e. The Labute approximate surface area is 200 Å². The van der Waals surface area contributed by atoms with Gasteiger partial charge >= 0.3 is 0 Å². The molecule has 4 rings (SSSR count). The molecule has 4 fully saturated rings. The first kappa shape index (κ1) is 25.3. The van der Waals surface area contributed by atoms with Crippen LogP contribution in [0, 0.1) is 23.2 Å². The number of ether oxygens (including phenoxy) is 4. The smallest absolute Gasteiger partial charge is 0.158 e. The maximum Gasteiger partial charge on any atom is 0.158 e. The van der Waals surface area contributed by atoms with Crippen LogP contribution in [-0.4, -0.2) is 43.8 Å². The summed E-state index contributed by atoms with van der Waals surface area (Å²) in [5, 5.41) is 0. The van der Waals surface area contributed by atoms with Gasteiger partial charge in [-0.1, -0.05) is 45.8 Å². The second-order valence-electron chi connectivity index (χ2n) is 11.5. The van der Waals surface area contributed by atoms with E-state index in [1.54, 1.807) is 0 Å². The summed E-state index contributed by atoms with van der Waals surface area (Å²) in [7, 11) is 0. The van der Waals surface area contributed by atoms with Gasteiger partial charge in [-0.05, 0) is 68.6 Å². The Balaban J connectivity index is 1.49. The van der Waals surface area contributed by atoms with Crippen molar-refractivity contribution in [2.24, 2.45) is 23.2 Å². The number of Topliss-reactive ketones (excluding diaryl/α,β-unsaturated/α-hetero) is 1. The second kappa shape index (κ2) is 11.8. The van der Waals surface area contributed by atoms with Crippen molar-refractivity contribution in [1.29, 1.82) is 0 Å². The van der Waals surface area contributed by atoms with Crippen molar-refractivity contribution in [3.8, 4) is 0 Å². The molecule has 2 aliphatic heterocycles. The summed E-state index contributed by atoms with van der Waals surface area (Å²) >= 11 is 0. The lowest BCUT2D eigenvalue weighted by Crippen LogP contribution is -2.37. The highest BCUT2D eigenvalue weighted by molar-refractivity contribution is 5.81. The van der Waals surface area contributed by atoms with Crippen LogP contribution < -0.4 is 0 Å². The number of hydrogen-bond acceptors (Lipinski definition) is 5. The van der Waals surface area contributed by atoms with Crippen molar-refractivity contribution in [3.63, 3.8) is 0 Å². The molecular weight excluding hydrogens is 416 g/mol. The molecule has 2 unspecified atom stereocenters. The lowest BCUT2D eigenvalue weighted by molar-refractivity contribution is -0.198. The zero-order valence-corrected chi connectivity index (χ0v) is 21.1. The Bertz CT molecular complexity index is 647. The van der Waals surface area contributed by atoms with Crippen molar-refractivity contribution >= 4 is 5.78 Å². The van der Waals surface area contributed by atoms with E-state index in [0.29, 0.717) is 24.0 Å². The SMILES string of the molecule is CCCCC(C)(C)[C@@H](/C=C/[C@@H]1[C@H]2CC(=O)C[C@H]2C[C@H]1OC1CCCCO1)OC1CCCCO1. The number of rotatable bonds is 10. The first-order valence-electron chi connectivity index (χ1n) is 13.7. The Morgan fingerprint density at radius 2 is 1.79 bits per heavy atom. The fraction of sp³-hybridized carbons (Fsp3) is 0.893. The highest BCUT2D eigenvalue weighted by atomic mass is 16.7. The Hall–Kier alpha value is -0.750. The quantitative estimate of drug-likeness (QED) is 0.362. The molecule has 2 saturated heterocycles. The predicted molar refractivity (Wildman–Crippen MR) is 129 cm³/mol. The molecule has 0 aromatic heterocycles. The number of carbonyl (C=O) groups excluding carboxylic acids is 1. The summed E-state index contributed by atoms with van der Waals surface area (Å²) in [5.74, 6) is 1.53. The van der Waals surface area contributed by atoms with Gasteiger partial charge < -0.3 is 18.9 Å². The zero-order chi connectivity index (χ0) is 23.3. The lowest BCUT2D eigenvalue weighted by atomic mass is 9.80. The van der Waals surface area contributed by atoms with Crippen molar-refractivity contribution in [2.75, 3.05) is 13.2 Å². The molecule has 2 heterocycles. The third-order valence-electron chi connectivity index (χ3n) is 8.37. The van der Waals surface area contributed by atoms with E-state index in [9.17, 15) is 4.79 Å². The van der Waals surface area contributed by atoms with Crippen LogP contribution in [0.2, 0.25) is 0 Å². The second-order valence-corrected chi connectivity index (χ2v) is 11.5. The maximum absolute atomic E-state index is 12.2. The van der Waals surface area contributed by atoms with E-state index >= 15 is 0 Å². The first-order valence-corrected chi connectivity index (χ1v) is 13.7. The third kappa shape index (κ3) is 6.68. The van der Waals surface area contributed by atoms with Crippen LogP contribution in [0.15, 0.2) is 12.2 Å². The molecule has 188 valence electrons. The molecule has 0 aromatic carbocycles. The van der Waals surface area contributed by atoms with Gasteiger partial charge in [-0.3, -0.25) is 4.79 Å². The third-order valence-corrected chi connectivity index (χ3v) is 8.37. The molecule has 0 bridgehead atoms. The fourth-order valence-electron chi connectivity index (χ4n) is 6.30. The van der Waals surface area contributed by atoms with Gasteiger partial charge in [0.05, 0.1) is 12.2 Å². The summed E-state index contributed by atoms with van der Waals surface area (Å²) in [6, 6.07) is 0. The average molecular weight is 463 g/mol. The summed E-state index contributed by atoms with van der Waals surface area (Å²) in [6.45, 7) is 8.48. The average Bonchev–Trinajstić information content (AvgIpc) is 3.32. The van der Waals surface area contributed by atoms with E-state index < -0.39 is 0 Å². The number of fused-ring (bicyclic) bond motifs is 1. The van der Waals surface area contributed by atoms with Gasteiger partial charge in [0.1, 0.15) is 5.78 Å². The van der Waals surface area contributed by atoms with Crippen LogP contribution in [-0.2, 0) is 23.7 Å². The minimum Gasteiger partial charge on any atom is -0.353 e. The Morgan fingerprint density at radius 3 is 2.45 bits per heavy atom. The van der Waals surface area contributed by atoms with E-state index in [1.165, 1.54) is 25.7 Å². The molecule has 0 spiro atoms. The Kier molecular flexibility index (Phi) is 9.05. The maximum atomic E-state index is 12.2. The van der Waals surface area contributed by atoms with Gasteiger partial charge in [-0.15, -0.1) is 0 Å². The Morgan fingerprint density at radius 1 is 1.06 bits per heavy atom. The van der Waals surface area contributed by atoms with Crippen LogP contribution >= 0.6 is 0 Å². The molecule has 0 radical (unpaired) electrons. The summed E-state index contributed by atoms with van der Waals surface area (Å²) in [5.41, 5.74) is 0.0274. The highest BCUT2D eigenvalue weighted by Gasteiger charge is 2.48. The molecule has 2 saturated carbocycles. The van der Waals surface area contributed by atoms with Gasteiger partial charge in [0.25, 0.3) is 0 Å². The molecule has 7 atom stereocenters. The summed E-state index contributed by atoms with van der Waals surface area (Å²) in [4.78, 5) is 12.2. The van der Waals surface area contributed by atoms with Gasteiger partial charge in [0.15, 0.2) is 12.6 Å². The van der Waals surface area contributed by atoms with Crippen molar-refractivity contribution in [2.45, 2.75) is 123 Å². The molecule has 0 N–H and O–H groups in total. The minimum atomic E-state index is -0.110. The van der Waals surface area contributed by atoms with E-state index in [0.717, 1.165) is 58.2 Å². The molecule has 2 aliphatic carbocycles. The summed E-state index contributed by atoms with van der Waals surface area (Å²) in [6.07, 6.45) is 17.0. The van der Waals surface area contributed by atoms with E-state index in [4.69, 9.17) is 18.9 Å². The van der Waals surface area contributed by atoms with E-state index in [2.05, 4.69) is 32.9 Å². The summed E-state index contributed by atoms with van der Waals surface area (Å²) < 4.78 is 25.0. The number of ketones is 1. The van der Waals surface area contributed by atoms with Gasteiger partial charge in [-0.2, -0.15) is 0 Å². The van der Waals surface area contributed by atoms with Crippen LogP contribution in [0.3, 0.4) is 0 Å². The standard InChI is InChI=1S/C28H46O5/c1-4-5-14-28(2,3)25(33-27-11-7-9-16-31-27)13-12-22-23-19-21(29)17-20(23)18-24(22)32-26-10-6-8-15-30-26/h12-13,20,22-27H,4-11,14-19H2,1-3H3/b13-12+/t20-,22+,23-,24+,25+,26?,27?/m0/s1. The lowest BCUT2D eigenvalue weighted by Gasteiger charge is -2.36. The molecular formula is C28H46O5. The van der Waals surface area contributed by atoms with E-state index in [-0.39, 0.29) is 36.1 Å². The van der Waals surface area contributed by atoms with Crippen LogP contribution in [0.5, 0.6) is 0 Å². The van der Waals surface area contributed by atoms with Gasteiger partial charge in [0, 0.05) is 32.0 Å². The number of unbranched alkanes of at least 4 members (excludes halogenated alkanes) is 1.